The molecule has 2 aliphatic rings. The van der Waals surface area contributed by atoms with Crippen LogP contribution < -0.4 is 5.32 Å². The maximum Gasteiger partial charge on any atom is 0.411 e. The number of benzene rings is 3. The van der Waals surface area contributed by atoms with E-state index in [1.54, 1.807) is 4.90 Å². The van der Waals surface area contributed by atoms with Crippen molar-refractivity contribution in [2.24, 2.45) is 0 Å². The lowest BCUT2D eigenvalue weighted by atomic mass is 9.88. The molecule has 6 heteroatoms. The van der Waals surface area contributed by atoms with Crippen molar-refractivity contribution < 1.29 is 19.1 Å². The number of nitrogens with one attached hydrogen (secondary N) is 1. The fourth-order valence-corrected chi connectivity index (χ4v) is 5.41. The van der Waals surface area contributed by atoms with Gasteiger partial charge in [-0.15, -0.1) is 0 Å². The quantitative estimate of drug-likeness (QED) is 0.414. The lowest BCUT2D eigenvalue weighted by Crippen LogP contribution is -2.41. The molecule has 6 nitrogen and oxygen atoms in total. The molecule has 2 amide bonds. The van der Waals surface area contributed by atoms with Crippen LogP contribution in [0, 0.1) is 0 Å². The Bertz CT molecular complexity index is 1240. The van der Waals surface area contributed by atoms with Crippen LogP contribution in [-0.2, 0) is 9.47 Å². The highest BCUT2D eigenvalue weighted by molar-refractivity contribution is 5.86. The van der Waals surface area contributed by atoms with E-state index in [0.29, 0.717) is 13.1 Å². The molecule has 0 bridgehead atoms. The number of hydrogen-bond donors (Lipinski definition) is 1. The van der Waals surface area contributed by atoms with Gasteiger partial charge in [-0.2, -0.15) is 0 Å². The van der Waals surface area contributed by atoms with Crippen molar-refractivity contribution in [2.75, 3.05) is 25.0 Å². The van der Waals surface area contributed by atoms with Crippen LogP contribution in [0.2, 0.25) is 0 Å². The van der Waals surface area contributed by atoms with E-state index in [-0.39, 0.29) is 24.5 Å². The van der Waals surface area contributed by atoms with Crippen molar-refractivity contribution in [3.05, 3.63) is 89.5 Å². The summed E-state index contributed by atoms with van der Waals surface area (Å²) in [5, 5.41) is 2.98. The molecule has 1 heterocycles. The summed E-state index contributed by atoms with van der Waals surface area (Å²) < 4.78 is 11.3. The zero-order chi connectivity index (χ0) is 26.0. The summed E-state index contributed by atoms with van der Waals surface area (Å²) >= 11 is 0. The number of para-hydroxylation sites is 1. The van der Waals surface area contributed by atoms with Crippen LogP contribution in [0.3, 0.4) is 0 Å². The van der Waals surface area contributed by atoms with Gasteiger partial charge in [-0.05, 0) is 73.4 Å². The summed E-state index contributed by atoms with van der Waals surface area (Å²) in [4.78, 5) is 27.1. The van der Waals surface area contributed by atoms with Crippen molar-refractivity contribution in [3.63, 3.8) is 0 Å². The second-order valence-electron chi connectivity index (χ2n) is 10.8. The van der Waals surface area contributed by atoms with Gasteiger partial charge in [0.15, 0.2) is 0 Å². The van der Waals surface area contributed by atoms with Gasteiger partial charge in [0.05, 0.1) is 0 Å². The predicted molar refractivity (Wildman–Crippen MR) is 145 cm³/mol. The third-order valence-electron chi connectivity index (χ3n) is 7.13. The Hall–Kier alpha value is -3.80. The molecule has 1 fully saturated rings. The smallest absolute Gasteiger partial charge is 0.411 e. The third-order valence-corrected chi connectivity index (χ3v) is 7.13. The second-order valence-corrected chi connectivity index (χ2v) is 10.8. The first-order chi connectivity index (χ1) is 17.8. The van der Waals surface area contributed by atoms with Crippen molar-refractivity contribution in [3.8, 4) is 11.1 Å². The number of fused-ring (bicyclic) bond motifs is 3. The molecule has 3 aromatic carbocycles. The van der Waals surface area contributed by atoms with Crippen LogP contribution in [-0.4, -0.2) is 42.4 Å². The molecule has 192 valence electrons. The summed E-state index contributed by atoms with van der Waals surface area (Å²) in [5.74, 6) is 0.259. The molecule has 0 atom stereocenters. The van der Waals surface area contributed by atoms with Crippen molar-refractivity contribution in [2.45, 2.75) is 51.0 Å². The molecule has 0 radical (unpaired) electrons. The number of hydrogen-bond acceptors (Lipinski definition) is 4. The Labute approximate surface area is 218 Å². The number of amides is 2. The lowest BCUT2D eigenvalue weighted by Gasteiger charge is -2.34. The number of ether oxygens (including phenoxy) is 2. The fourth-order valence-electron chi connectivity index (χ4n) is 5.41. The summed E-state index contributed by atoms with van der Waals surface area (Å²) in [6, 6.07) is 24.5. The standard InChI is InChI=1S/C31H34N2O4/c1-31(2,3)37-30(35)33-18-16-21(17-19-33)22-10-8-9-15-28(22)32-29(34)36-20-27-25-13-6-4-11-23(25)24-12-5-7-14-26(24)27/h4-15,21,27H,16-20H2,1-3H3,(H,32,34). The van der Waals surface area contributed by atoms with Gasteiger partial charge in [-0.1, -0.05) is 66.7 Å². The molecule has 1 aliphatic carbocycles. The van der Waals surface area contributed by atoms with Crippen LogP contribution in [0.4, 0.5) is 15.3 Å². The lowest BCUT2D eigenvalue weighted by molar-refractivity contribution is 0.0205. The average Bonchev–Trinajstić information content (AvgIpc) is 3.21. The van der Waals surface area contributed by atoms with Gasteiger partial charge in [0.1, 0.15) is 12.2 Å². The highest BCUT2D eigenvalue weighted by Crippen LogP contribution is 2.44. The Kier molecular flexibility index (Phi) is 6.92. The zero-order valence-corrected chi connectivity index (χ0v) is 21.7. The Morgan fingerprint density at radius 3 is 1.97 bits per heavy atom. The predicted octanol–water partition coefficient (Wildman–Crippen LogP) is 7.16. The molecule has 0 spiro atoms. The first kappa shape index (κ1) is 24.9. The van der Waals surface area contributed by atoms with E-state index in [9.17, 15) is 9.59 Å². The molecule has 5 rings (SSSR count). The minimum absolute atomic E-state index is 0.0191. The number of likely N-dealkylation sites (tertiary alicyclic amines) is 1. The van der Waals surface area contributed by atoms with E-state index in [1.165, 1.54) is 22.3 Å². The fraction of sp³-hybridized carbons (Fsp3) is 0.355. The molecule has 0 saturated carbocycles. The molecule has 1 aliphatic heterocycles. The molecular formula is C31H34N2O4. The van der Waals surface area contributed by atoms with Gasteiger partial charge in [0.25, 0.3) is 0 Å². The van der Waals surface area contributed by atoms with Gasteiger partial charge in [0, 0.05) is 24.7 Å². The van der Waals surface area contributed by atoms with E-state index in [4.69, 9.17) is 9.47 Å². The molecule has 0 aromatic heterocycles. The van der Waals surface area contributed by atoms with Crippen LogP contribution in [0.1, 0.15) is 62.1 Å². The summed E-state index contributed by atoms with van der Waals surface area (Å²) in [6.45, 7) is 7.16. The summed E-state index contributed by atoms with van der Waals surface area (Å²) in [6.07, 6.45) is 0.891. The van der Waals surface area contributed by atoms with Gasteiger partial charge in [-0.25, -0.2) is 9.59 Å². The second kappa shape index (κ2) is 10.3. The van der Waals surface area contributed by atoms with E-state index >= 15 is 0 Å². The zero-order valence-electron chi connectivity index (χ0n) is 21.7. The summed E-state index contributed by atoms with van der Waals surface area (Å²) in [7, 11) is 0. The minimum Gasteiger partial charge on any atom is -0.448 e. The molecule has 37 heavy (non-hydrogen) atoms. The maximum atomic E-state index is 12.9. The number of nitrogens with zero attached hydrogens (tertiary/aromatic N) is 1. The number of piperidine rings is 1. The van der Waals surface area contributed by atoms with Gasteiger partial charge in [0.2, 0.25) is 0 Å². The first-order valence-corrected chi connectivity index (χ1v) is 13.0. The number of rotatable bonds is 4. The Morgan fingerprint density at radius 1 is 0.838 bits per heavy atom. The number of carbonyl (C=O) groups excluding carboxylic acids is 2. The molecular weight excluding hydrogens is 464 g/mol. The number of carbonyl (C=O) groups is 2. The minimum atomic E-state index is -0.506. The van der Waals surface area contributed by atoms with E-state index in [0.717, 1.165) is 24.1 Å². The largest absolute Gasteiger partial charge is 0.448 e. The highest BCUT2D eigenvalue weighted by Gasteiger charge is 2.30. The maximum absolute atomic E-state index is 12.9. The van der Waals surface area contributed by atoms with Gasteiger partial charge < -0.3 is 14.4 Å². The molecule has 1 saturated heterocycles. The third kappa shape index (κ3) is 5.48. The average molecular weight is 499 g/mol. The molecule has 0 unspecified atom stereocenters. The highest BCUT2D eigenvalue weighted by atomic mass is 16.6. The van der Waals surface area contributed by atoms with Crippen molar-refractivity contribution in [1.29, 1.82) is 0 Å². The Balaban J connectivity index is 1.21. The first-order valence-electron chi connectivity index (χ1n) is 13.0. The number of anilines is 1. The molecule has 3 aromatic rings. The van der Waals surface area contributed by atoms with Crippen LogP contribution >= 0.6 is 0 Å². The van der Waals surface area contributed by atoms with Crippen LogP contribution in [0.15, 0.2) is 72.8 Å². The van der Waals surface area contributed by atoms with Gasteiger partial charge in [-0.3, -0.25) is 5.32 Å². The van der Waals surface area contributed by atoms with Crippen LogP contribution in [0.5, 0.6) is 0 Å². The van der Waals surface area contributed by atoms with Crippen LogP contribution in [0.25, 0.3) is 11.1 Å². The van der Waals surface area contributed by atoms with Crippen molar-refractivity contribution >= 4 is 17.9 Å². The van der Waals surface area contributed by atoms with Gasteiger partial charge >= 0.3 is 12.2 Å². The van der Waals surface area contributed by atoms with E-state index in [1.807, 2.05) is 69.3 Å². The SMILES string of the molecule is CC(C)(C)OC(=O)N1CCC(c2ccccc2NC(=O)OCC2c3ccccc3-c3ccccc32)CC1. The summed E-state index contributed by atoms with van der Waals surface area (Å²) in [5.41, 5.74) is 6.11. The van der Waals surface area contributed by atoms with E-state index < -0.39 is 11.7 Å². The topological polar surface area (TPSA) is 67.9 Å². The van der Waals surface area contributed by atoms with Crippen molar-refractivity contribution in [1.82, 2.24) is 4.90 Å². The monoisotopic (exact) mass is 498 g/mol. The molecule has 1 N–H and O–H groups in total. The Morgan fingerprint density at radius 2 is 1.38 bits per heavy atom. The van der Waals surface area contributed by atoms with E-state index in [2.05, 4.69) is 29.6 Å². The normalized spacial score (nSPS) is 15.6.